The minimum Gasteiger partial charge on any atom is -0.447 e. The van der Waals surface area contributed by atoms with Gasteiger partial charge in [0.25, 0.3) is 0 Å². The molecular formula is C10H19N3O2. The first-order chi connectivity index (χ1) is 7.00. The number of carbonyl (C=O) groups excluding carboxylic acids is 1. The fraction of sp³-hybridized carbons (Fsp3) is 0.800. The summed E-state index contributed by atoms with van der Waals surface area (Å²) < 4.78 is 4.98. The summed E-state index contributed by atoms with van der Waals surface area (Å²) in [4.78, 5) is 11.3. The molecule has 1 rings (SSSR count). The molecule has 1 fully saturated rings. The van der Waals surface area contributed by atoms with Gasteiger partial charge in [-0.1, -0.05) is 6.42 Å². The molecule has 0 spiro atoms. The fourth-order valence-electron chi connectivity index (χ4n) is 1.90. The highest BCUT2D eigenvalue weighted by atomic mass is 16.6. The molecule has 0 bridgehead atoms. The highest BCUT2D eigenvalue weighted by molar-refractivity contribution is 5.81. The molecule has 1 aliphatic rings. The van der Waals surface area contributed by atoms with Gasteiger partial charge in [-0.25, -0.2) is 4.79 Å². The summed E-state index contributed by atoms with van der Waals surface area (Å²) in [6.07, 6.45) is 2.21. The third kappa shape index (κ3) is 3.42. The maximum absolute atomic E-state index is 11.3. The molecule has 15 heavy (non-hydrogen) atoms. The molecule has 0 aromatic heterocycles. The molecule has 0 aromatic rings. The van der Waals surface area contributed by atoms with E-state index >= 15 is 0 Å². The lowest BCUT2D eigenvalue weighted by molar-refractivity contribution is 0.111. The third-order valence-electron chi connectivity index (χ3n) is 2.56. The Balaban J connectivity index is 2.43. The van der Waals surface area contributed by atoms with Gasteiger partial charge >= 0.3 is 6.09 Å². The number of ether oxygens (including phenoxy) is 1. The van der Waals surface area contributed by atoms with Crippen LogP contribution < -0.4 is 11.1 Å². The first-order valence-corrected chi connectivity index (χ1v) is 5.31. The SMILES string of the molecule is CC(C)OC(=O)NC1CCCC1C(=N)N. The molecule has 0 heterocycles. The Labute approximate surface area is 89.9 Å². The van der Waals surface area contributed by atoms with E-state index in [1.165, 1.54) is 0 Å². The van der Waals surface area contributed by atoms with Crippen LogP contribution in [0.25, 0.3) is 0 Å². The van der Waals surface area contributed by atoms with E-state index in [1.54, 1.807) is 13.8 Å². The third-order valence-corrected chi connectivity index (χ3v) is 2.56. The molecule has 0 aliphatic heterocycles. The summed E-state index contributed by atoms with van der Waals surface area (Å²) in [5.41, 5.74) is 5.46. The van der Waals surface area contributed by atoms with E-state index in [-0.39, 0.29) is 23.9 Å². The van der Waals surface area contributed by atoms with Crippen LogP contribution in [0.2, 0.25) is 0 Å². The van der Waals surface area contributed by atoms with Crippen LogP contribution in [0.1, 0.15) is 33.1 Å². The fourth-order valence-corrected chi connectivity index (χ4v) is 1.90. The molecule has 86 valence electrons. The normalized spacial score (nSPS) is 25.3. The number of hydrogen-bond acceptors (Lipinski definition) is 3. The van der Waals surface area contributed by atoms with Crippen molar-refractivity contribution in [3.8, 4) is 0 Å². The van der Waals surface area contributed by atoms with Crippen molar-refractivity contribution in [3.05, 3.63) is 0 Å². The van der Waals surface area contributed by atoms with E-state index in [0.717, 1.165) is 19.3 Å². The number of nitrogens with one attached hydrogen (secondary N) is 2. The smallest absolute Gasteiger partial charge is 0.407 e. The van der Waals surface area contributed by atoms with Crippen LogP contribution in [-0.2, 0) is 4.74 Å². The number of alkyl carbamates (subject to hydrolysis) is 1. The lowest BCUT2D eigenvalue weighted by atomic mass is 10.0. The van der Waals surface area contributed by atoms with Gasteiger partial charge < -0.3 is 15.8 Å². The molecule has 1 amide bonds. The number of amides is 1. The predicted molar refractivity (Wildman–Crippen MR) is 57.8 cm³/mol. The van der Waals surface area contributed by atoms with Gasteiger partial charge in [-0.05, 0) is 26.7 Å². The zero-order valence-electron chi connectivity index (χ0n) is 9.25. The molecule has 1 saturated carbocycles. The van der Waals surface area contributed by atoms with Gasteiger partial charge in [0.15, 0.2) is 0 Å². The van der Waals surface area contributed by atoms with Gasteiger partial charge in [0, 0.05) is 12.0 Å². The topological polar surface area (TPSA) is 88.2 Å². The Morgan fingerprint density at radius 2 is 2.20 bits per heavy atom. The van der Waals surface area contributed by atoms with Gasteiger partial charge in [0.05, 0.1) is 11.9 Å². The van der Waals surface area contributed by atoms with Gasteiger partial charge in [-0.3, -0.25) is 5.41 Å². The average molecular weight is 213 g/mol. The maximum Gasteiger partial charge on any atom is 0.407 e. The van der Waals surface area contributed by atoms with Crippen molar-refractivity contribution < 1.29 is 9.53 Å². The Morgan fingerprint density at radius 1 is 1.53 bits per heavy atom. The van der Waals surface area contributed by atoms with Crippen LogP contribution >= 0.6 is 0 Å². The Bertz CT molecular complexity index is 253. The van der Waals surface area contributed by atoms with Gasteiger partial charge in [0.1, 0.15) is 0 Å². The van der Waals surface area contributed by atoms with Crippen molar-refractivity contribution in [2.45, 2.75) is 45.3 Å². The van der Waals surface area contributed by atoms with Crippen LogP contribution in [0.4, 0.5) is 4.79 Å². The summed E-state index contributed by atoms with van der Waals surface area (Å²) in [6.45, 7) is 3.60. The van der Waals surface area contributed by atoms with E-state index in [9.17, 15) is 4.79 Å². The maximum atomic E-state index is 11.3. The molecular weight excluding hydrogens is 194 g/mol. The number of carbonyl (C=O) groups is 1. The Morgan fingerprint density at radius 3 is 2.73 bits per heavy atom. The summed E-state index contributed by atoms with van der Waals surface area (Å²) in [5, 5.41) is 10.2. The molecule has 0 aromatic carbocycles. The zero-order valence-corrected chi connectivity index (χ0v) is 9.25. The van der Waals surface area contributed by atoms with Gasteiger partial charge in [-0.2, -0.15) is 0 Å². The monoisotopic (exact) mass is 213 g/mol. The minimum absolute atomic E-state index is 0.0234. The van der Waals surface area contributed by atoms with E-state index in [1.807, 2.05) is 0 Å². The molecule has 5 heteroatoms. The second-order valence-electron chi connectivity index (χ2n) is 4.20. The molecule has 2 atom stereocenters. The Kier molecular flexibility index (Phi) is 3.94. The quantitative estimate of drug-likeness (QED) is 0.486. The van der Waals surface area contributed by atoms with E-state index in [0.29, 0.717) is 0 Å². The molecule has 0 radical (unpaired) electrons. The van der Waals surface area contributed by atoms with Crippen LogP contribution in [0, 0.1) is 11.3 Å². The van der Waals surface area contributed by atoms with Crippen molar-refractivity contribution in [2.75, 3.05) is 0 Å². The van der Waals surface area contributed by atoms with Crippen LogP contribution in [0.3, 0.4) is 0 Å². The lowest BCUT2D eigenvalue weighted by Gasteiger charge is -2.20. The van der Waals surface area contributed by atoms with Gasteiger partial charge in [0.2, 0.25) is 0 Å². The highest BCUT2D eigenvalue weighted by Gasteiger charge is 2.31. The van der Waals surface area contributed by atoms with Crippen LogP contribution in [0.15, 0.2) is 0 Å². The van der Waals surface area contributed by atoms with Crippen molar-refractivity contribution >= 4 is 11.9 Å². The van der Waals surface area contributed by atoms with Crippen LogP contribution in [-0.4, -0.2) is 24.1 Å². The first-order valence-electron chi connectivity index (χ1n) is 5.31. The molecule has 0 saturated heterocycles. The second-order valence-corrected chi connectivity index (χ2v) is 4.20. The van der Waals surface area contributed by atoms with E-state index in [4.69, 9.17) is 15.9 Å². The minimum atomic E-state index is -0.414. The van der Waals surface area contributed by atoms with Crippen molar-refractivity contribution in [2.24, 2.45) is 11.7 Å². The van der Waals surface area contributed by atoms with E-state index < -0.39 is 6.09 Å². The number of rotatable bonds is 3. The van der Waals surface area contributed by atoms with E-state index in [2.05, 4.69) is 5.32 Å². The highest BCUT2D eigenvalue weighted by Crippen LogP contribution is 2.25. The molecule has 2 unspecified atom stereocenters. The van der Waals surface area contributed by atoms with Crippen molar-refractivity contribution in [1.29, 1.82) is 5.41 Å². The predicted octanol–water partition coefficient (Wildman–Crippen LogP) is 1.23. The molecule has 5 nitrogen and oxygen atoms in total. The van der Waals surface area contributed by atoms with Crippen molar-refractivity contribution in [3.63, 3.8) is 0 Å². The van der Waals surface area contributed by atoms with Gasteiger partial charge in [-0.15, -0.1) is 0 Å². The van der Waals surface area contributed by atoms with Crippen LogP contribution in [0.5, 0.6) is 0 Å². The molecule has 1 aliphatic carbocycles. The van der Waals surface area contributed by atoms with Crippen molar-refractivity contribution in [1.82, 2.24) is 5.32 Å². The summed E-state index contributed by atoms with van der Waals surface area (Å²) in [6, 6.07) is -0.0336. The summed E-state index contributed by atoms with van der Waals surface area (Å²) >= 11 is 0. The lowest BCUT2D eigenvalue weighted by Crippen LogP contribution is -2.42. The second kappa shape index (κ2) is 5.00. The first kappa shape index (κ1) is 11.8. The number of hydrogen-bond donors (Lipinski definition) is 3. The average Bonchev–Trinajstić information content (AvgIpc) is 2.50. The summed E-state index contributed by atoms with van der Waals surface area (Å²) in [5.74, 6) is 0.132. The number of nitrogens with two attached hydrogens (primary N) is 1. The molecule has 4 N–H and O–H groups in total. The summed E-state index contributed by atoms with van der Waals surface area (Å²) in [7, 11) is 0. The Hall–Kier alpha value is -1.26. The number of amidine groups is 1. The largest absolute Gasteiger partial charge is 0.447 e. The zero-order chi connectivity index (χ0) is 11.4. The standard InChI is InChI=1S/C10H19N3O2/c1-6(2)15-10(14)13-8-5-3-4-7(8)9(11)12/h6-8H,3-5H2,1-2H3,(H3,11,12)(H,13,14).